The number of nitrogens with one attached hydrogen (secondary N) is 1. The third kappa shape index (κ3) is 11.5. The predicted molar refractivity (Wildman–Crippen MR) is 79.9 cm³/mol. The van der Waals surface area contributed by atoms with Crippen LogP contribution < -0.4 is 5.32 Å². The van der Waals surface area contributed by atoms with Crippen molar-refractivity contribution in [1.82, 2.24) is 5.32 Å². The van der Waals surface area contributed by atoms with Crippen molar-refractivity contribution in [3.63, 3.8) is 0 Å². The zero-order chi connectivity index (χ0) is 16.9. The summed E-state index contributed by atoms with van der Waals surface area (Å²) in [5.41, 5.74) is -1.19. The Morgan fingerprint density at radius 2 is 1.76 bits per heavy atom. The van der Waals surface area contributed by atoms with Crippen molar-refractivity contribution in [3.8, 4) is 0 Å². The zero-order valence-electron chi connectivity index (χ0n) is 13.6. The second-order valence-electron chi connectivity index (χ2n) is 6.59. The Morgan fingerprint density at radius 1 is 1.24 bits per heavy atom. The van der Waals surface area contributed by atoms with Gasteiger partial charge < -0.3 is 14.8 Å². The molecule has 0 radical (unpaired) electrons. The molecule has 7 nitrogen and oxygen atoms in total. The van der Waals surface area contributed by atoms with Crippen LogP contribution in [-0.2, 0) is 19.6 Å². The number of hydrogen-bond donors (Lipinski definition) is 2. The van der Waals surface area contributed by atoms with Crippen molar-refractivity contribution in [1.29, 1.82) is 0 Å². The fourth-order valence-electron chi connectivity index (χ4n) is 1.67. The second-order valence-corrected chi connectivity index (χ2v) is 8.16. The molecular weight excluding hydrogens is 298 g/mol. The van der Waals surface area contributed by atoms with Gasteiger partial charge in [0.2, 0.25) is 0 Å². The largest absolute Gasteiger partial charge is 0.444 e. The van der Waals surface area contributed by atoms with Crippen LogP contribution in [0.2, 0.25) is 0 Å². The predicted octanol–water partition coefficient (Wildman–Crippen LogP) is 1.97. The zero-order valence-corrected chi connectivity index (χ0v) is 14.4. The summed E-state index contributed by atoms with van der Waals surface area (Å²) in [7, 11) is -2.55. The van der Waals surface area contributed by atoms with Crippen molar-refractivity contribution in [3.05, 3.63) is 0 Å². The van der Waals surface area contributed by atoms with Gasteiger partial charge in [-0.1, -0.05) is 0 Å². The second kappa shape index (κ2) is 7.42. The minimum absolute atomic E-state index is 0.0743. The Kier molecular flexibility index (Phi) is 7.11. The first-order valence-electron chi connectivity index (χ1n) is 6.74. The Bertz CT molecular complexity index is 438. The van der Waals surface area contributed by atoms with Gasteiger partial charge in [0.1, 0.15) is 5.60 Å². The number of amides is 1. The van der Waals surface area contributed by atoms with E-state index >= 15 is 0 Å². The Hall–Kier alpha value is -0.860. The van der Waals surface area contributed by atoms with Crippen LogP contribution in [0, 0.1) is 0 Å². The molecule has 1 atom stereocenters. The molecule has 21 heavy (non-hydrogen) atoms. The van der Waals surface area contributed by atoms with Gasteiger partial charge in [0.05, 0.1) is 11.4 Å². The van der Waals surface area contributed by atoms with Gasteiger partial charge in [-0.2, -0.15) is 8.42 Å². The van der Waals surface area contributed by atoms with Gasteiger partial charge in [-0.25, -0.2) is 4.79 Å². The van der Waals surface area contributed by atoms with Crippen LogP contribution >= 0.6 is 0 Å². The van der Waals surface area contributed by atoms with Gasteiger partial charge in [0.25, 0.3) is 10.1 Å². The molecule has 2 N–H and O–H groups in total. The molecule has 1 amide bonds. The summed E-state index contributed by atoms with van der Waals surface area (Å²) < 4.78 is 41.0. The highest BCUT2D eigenvalue weighted by atomic mass is 32.2. The lowest BCUT2D eigenvalue weighted by Gasteiger charge is -2.30. The first-order chi connectivity index (χ1) is 9.24. The van der Waals surface area contributed by atoms with Gasteiger partial charge >= 0.3 is 6.09 Å². The van der Waals surface area contributed by atoms with Crippen molar-refractivity contribution >= 4 is 16.2 Å². The van der Waals surface area contributed by atoms with Gasteiger partial charge in [-0.3, -0.25) is 4.55 Å². The molecule has 0 unspecified atom stereocenters. The van der Waals surface area contributed by atoms with E-state index in [1.165, 1.54) is 7.11 Å². The Balaban J connectivity index is 4.76. The molecule has 0 fully saturated rings. The quantitative estimate of drug-likeness (QED) is 0.694. The van der Waals surface area contributed by atoms with Crippen molar-refractivity contribution in [2.45, 2.75) is 64.7 Å². The van der Waals surface area contributed by atoms with E-state index in [-0.39, 0.29) is 6.42 Å². The third-order valence-corrected chi connectivity index (χ3v) is 3.49. The molecule has 0 aliphatic carbocycles. The van der Waals surface area contributed by atoms with Crippen LogP contribution in [0.1, 0.15) is 47.5 Å². The molecule has 0 bridgehead atoms. The number of hydrogen-bond acceptors (Lipinski definition) is 5. The summed E-state index contributed by atoms with van der Waals surface area (Å²) in [4.78, 5) is 11.8. The minimum Gasteiger partial charge on any atom is -0.444 e. The van der Waals surface area contributed by atoms with E-state index in [4.69, 9.17) is 14.0 Å². The lowest BCUT2D eigenvalue weighted by molar-refractivity contribution is 0.00411. The molecule has 0 aliphatic heterocycles. The van der Waals surface area contributed by atoms with E-state index in [1.54, 1.807) is 20.8 Å². The normalized spacial score (nSPS) is 14.6. The highest BCUT2D eigenvalue weighted by molar-refractivity contribution is 7.85. The lowest BCUT2D eigenvalue weighted by Crippen LogP contribution is -2.43. The minimum atomic E-state index is -4.09. The van der Waals surface area contributed by atoms with Crippen LogP contribution in [0.15, 0.2) is 0 Å². The summed E-state index contributed by atoms with van der Waals surface area (Å²) in [6, 6.07) is -0.489. The molecular formula is C13H27NO6S. The average Bonchev–Trinajstić information content (AvgIpc) is 2.21. The SMILES string of the molecule is COC(C)(C)C[C@@H](CCS(=O)(=O)O)NC(=O)OC(C)(C)C. The molecule has 8 heteroatoms. The molecule has 0 rings (SSSR count). The van der Waals surface area contributed by atoms with Crippen LogP contribution in [-0.4, -0.2) is 49.2 Å². The molecule has 126 valence electrons. The van der Waals surface area contributed by atoms with Gasteiger partial charge in [0, 0.05) is 13.2 Å². The topological polar surface area (TPSA) is 102 Å². The molecule has 0 aromatic carbocycles. The number of ether oxygens (including phenoxy) is 2. The fourth-order valence-corrected chi connectivity index (χ4v) is 2.25. The van der Waals surface area contributed by atoms with E-state index < -0.39 is 39.2 Å². The standard InChI is InChI=1S/C13H27NO6S/c1-12(2,3)20-11(15)14-10(7-8-21(16,17)18)9-13(4,5)19-6/h10H,7-9H2,1-6H3,(H,14,15)(H,16,17,18)/t10-/m1/s1. The average molecular weight is 325 g/mol. The van der Waals surface area contributed by atoms with Gasteiger partial charge in [-0.05, 0) is 47.5 Å². The van der Waals surface area contributed by atoms with Gasteiger partial charge in [-0.15, -0.1) is 0 Å². The van der Waals surface area contributed by atoms with Crippen LogP contribution in [0.5, 0.6) is 0 Å². The monoisotopic (exact) mass is 325 g/mol. The molecule has 0 spiro atoms. The maximum absolute atomic E-state index is 11.8. The van der Waals surface area contributed by atoms with Crippen molar-refractivity contribution in [2.24, 2.45) is 0 Å². The first-order valence-corrected chi connectivity index (χ1v) is 8.35. The van der Waals surface area contributed by atoms with E-state index in [0.29, 0.717) is 6.42 Å². The fraction of sp³-hybridized carbons (Fsp3) is 0.923. The number of carbonyl (C=O) groups is 1. The Morgan fingerprint density at radius 3 is 2.14 bits per heavy atom. The van der Waals surface area contributed by atoms with E-state index in [0.717, 1.165) is 0 Å². The summed E-state index contributed by atoms with van der Waals surface area (Å²) in [6.07, 6.45) is -0.168. The maximum atomic E-state index is 11.8. The summed E-state index contributed by atoms with van der Waals surface area (Å²) in [5.74, 6) is -0.437. The van der Waals surface area contributed by atoms with E-state index in [2.05, 4.69) is 5.32 Å². The smallest absolute Gasteiger partial charge is 0.407 e. The Labute approximate surface area is 127 Å². The summed E-state index contributed by atoms with van der Waals surface area (Å²) in [6.45, 7) is 8.85. The molecule has 0 saturated carbocycles. The first kappa shape index (κ1) is 20.1. The number of methoxy groups -OCH3 is 1. The third-order valence-electron chi connectivity index (χ3n) is 2.74. The number of rotatable bonds is 7. The molecule has 0 aromatic heterocycles. The molecule has 0 aromatic rings. The summed E-state index contributed by atoms with van der Waals surface area (Å²) >= 11 is 0. The van der Waals surface area contributed by atoms with Crippen LogP contribution in [0.4, 0.5) is 4.79 Å². The number of carbonyl (C=O) groups excluding carboxylic acids is 1. The highest BCUT2D eigenvalue weighted by Gasteiger charge is 2.27. The number of alkyl carbamates (subject to hydrolysis) is 1. The van der Waals surface area contributed by atoms with Crippen molar-refractivity contribution in [2.75, 3.05) is 12.9 Å². The summed E-state index contributed by atoms with van der Waals surface area (Å²) in [5, 5.41) is 2.62. The van der Waals surface area contributed by atoms with Crippen LogP contribution in [0.3, 0.4) is 0 Å². The van der Waals surface area contributed by atoms with E-state index in [9.17, 15) is 13.2 Å². The molecule has 0 aliphatic rings. The van der Waals surface area contributed by atoms with Crippen molar-refractivity contribution < 1.29 is 27.2 Å². The highest BCUT2D eigenvalue weighted by Crippen LogP contribution is 2.18. The lowest BCUT2D eigenvalue weighted by atomic mass is 9.97. The maximum Gasteiger partial charge on any atom is 0.407 e. The van der Waals surface area contributed by atoms with E-state index in [1.807, 2.05) is 13.8 Å². The van der Waals surface area contributed by atoms with Gasteiger partial charge in [0.15, 0.2) is 0 Å². The van der Waals surface area contributed by atoms with Crippen LogP contribution in [0.25, 0.3) is 0 Å². The molecule has 0 heterocycles. The molecule has 0 saturated heterocycles.